The maximum atomic E-state index is 12.0. The van der Waals surface area contributed by atoms with Crippen molar-refractivity contribution in [3.63, 3.8) is 0 Å². The molecule has 0 spiro atoms. The molecule has 2 aromatic carbocycles. The summed E-state index contributed by atoms with van der Waals surface area (Å²) in [7, 11) is 0. The number of anilines is 1. The molecule has 1 amide bonds. The minimum absolute atomic E-state index is 0.125. The van der Waals surface area contributed by atoms with Crippen LogP contribution in [0, 0.1) is 11.3 Å². The number of hydrogen-bond acceptors (Lipinski definition) is 5. The van der Waals surface area contributed by atoms with Crippen LogP contribution in [0.15, 0.2) is 42.5 Å². The molecular formula is C17H13ClN2O4. The van der Waals surface area contributed by atoms with E-state index < -0.39 is 18.0 Å². The van der Waals surface area contributed by atoms with Crippen LogP contribution in [-0.2, 0) is 9.53 Å². The first-order valence-corrected chi connectivity index (χ1v) is 7.29. The third-order valence-corrected chi connectivity index (χ3v) is 3.35. The first-order chi connectivity index (χ1) is 11.4. The third-order valence-electron chi connectivity index (χ3n) is 3.11. The molecule has 0 radical (unpaired) electrons. The van der Waals surface area contributed by atoms with E-state index in [0.29, 0.717) is 11.3 Å². The quantitative estimate of drug-likeness (QED) is 0.830. The van der Waals surface area contributed by atoms with Crippen molar-refractivity contribution in [3.8, 4) is 11.8 Å². The molecule has 0 saturated carbocycles. The predicted octanol–water partition coefficient (Wildman–Crippen LogP) is 3.10. The Kier molecular flexibility index (Phi) is 5.40. The second kappa shape index (κ2) is 7.49. The Balaban J connectivity index is 2.01. The van der Waals surface area contributed by atoms with Crippen LogP contribution in [-0.4, -0.2) is 23.1 Å². The van der Waals surface area contributed by atoms with Gasteiger partial charge in [-0.3, -0.25) is 4.79 Å². The number of carbonyl (C=O) groups is 2. The second-order valence-electron chi connectivity index (χ2n) is 4.89. The first kappa shape index (κ1) is 17.3. The normalized spacial score (nSPS) is 11.2. The smallest absolute Gasteiger partial charge is 0.342 e. The summed E-state index contributed by atoms with van der Waals surface area (Å²) in [6, 6.07) is 12.1. The number of amides is 1. The zero-order valence-electron chi connectivity index (χ0n) is 12.6. The van der Waals surface area contributed by atoms with Crippen LogP contribution in [0.4, 0.5) is 5.69 Å². The Hall–Kier alpha value is -3.04. The van der Waals surface area contributed by atoms with E-state index in [1.807, 2.05) is 6.07 Å². The molecule has 122 valence electrons. The molecule has 2 N–H and O–H groups in total. The Morgan fingerprint density at radius 3 is 2.54 bits per heavy atom. The SMILES string of the molecule is C[C@@H](OC(=O)c1cc(Cl)ccc1O)C(=O)Nc1ccc(C#N)cc1. The number of esters is 1. The molecule has 2 aromatic rings. The van der Waals surface area contributed by atoms with Gasteiger partial charge in [0.1, 0.15) is 11.3 Å². The summed E-state index contributed by atoms with van der Waals surface area (Å²) >= 11 is 5.77. The van der Waals surface area contributed by atoms with Crippen LogP contribution in [0.25, 0.3) is 0 Å². The van der Waals surface area contributed by atoms with Crippen molar-refractivity contribution in [3.05, 3.63) is 58.6 Å². The average molecular weight is 345 g/mol. The number of halogens is 1. The van der Waals surface area contributed by atoms with E-state index in [9.17, 15) is 14.7 Å². The number of nitrogens with one attached hydrogen (secondary N) is 1. The van der Waals surface area contributed by atoms with Gasteiger partial charge in [-0.15, -0.1) is 0 Å². The number of ether oxygens (including phenoxy) is 1. The van der Waals surface area contributed by atoms with Crippen molar-refractivity contribution in [1.29, 1.82) is 5.26 Å². The number of rotatable bonds is 4. The van der Waals surface area contributed by atoms with E-state index in [-0.39, 0.29) is 16.3 Å². The number of phenols is 1. The zero-order valence-corrected chi connectivity index (χ0v) is 13.4. The van der Waals surface area contributed by atoms with Crippen LogP contribution in [0.2, 0.25) is 5.02 Å². The van der Waals surface area contributed by atoms with Crippen molar-refractivity contribution in [2.24, 2.45) is 0 Å². The molecule has 0 saturated heterocycles. The van der Waals surface area contributed by atoms with Crippen molar-refractivity contribution >= 4 is 29.2 Å². The summed E-state index contributed by atoms with van der Waals surface area (Å²) in [5, 5.41) is 21.2. The Morgan fingerprint density at radius 1 is 1.25 bits per heavy atom. The van der Waals surface area contributed by atoms with Crippen LogP contribution in [0.5, 0.6) is 5.75 Å². The lowest BCUT2D eigenvalue weighted by molar-refractivity contribution is -0.123. The lowest BCUT2D eigenvalue weighted by Crippen LogP contribution is -2.30. The molecule has 0 bridgehead atoms. The molecule has 6 nitrogen and oxygen atoms in total. The fourth-order valence-electron chi connectivity index (χ4n) is 1.82. The fourth-order valence-corrected chi connectivity index (χ4v) is 1.99. The van der Waals surface area contributed by atoms with Gasteiger partial charge >= 0.3 is 5.97 Å². The van der Waals surface area contributed by atoms with Gasteiger partial charge < -0.3 is 15.2 Å². The minimum atomic E-state index is -1.09. The number of carbonyl (C=O) groups excluding carboxylic acids is 2. The van der Waals surface area contributed by atoms with E-state index in [1.165, 1.54) is 25.1 Å². The maximum absolute atomic E-state index is 12.0. The summed E-state index contributed by atoms with van der Waals surface area (Å²) in [5.41, 5.74) is 0.803. The standard InChI is InChI=1S/C17H13ClN2O4/c1-10(16(22)20-13-5-2-11(9-19)3-6-13)24-17(23)14-8-12(18)4-7-15(14)21/h2-8,10,21H,1H3,(H,20,22)/t10-/m1/s1. The molecule has 2 rings (SSSR count). The molecule has 0 aliphatic carbocycles. The average Bonchev–Trinajstić information content (AvgIpc) is 2.57. The maximum Gasteiger partial charge on any atom is 0.342 e. The van der Waals surface area contributed by atoms with Gasteiger partial charge in [-0.05, 0) is 49.4 Å². The zero-order chi connectivity index (χ0) is 17.7. The number of hydrogen-bond donors (Lipinski definition) is 2. The van der Waals surface area contributed by atoms with E-state index in [2.05, 4.69) is 5.32 Å². The van der Waals surface area contributed by atoms with E-state index in [4.69, 9.17) is 21.6 Å². The highest BCUT2D eigenvalue weighted by Crippen LogP contribution is 2.22. The molecule has 0 heterocycles. The molecular weight excluding hydrogens is 332 g/mol. The summed E-state index contributed by atoms with van der Waals surface area (Å²) in [6.45, 7) is 1.40. The Bertz CT molecular complexity index is 812. The predicted molar refractivity (Wildman–Crippen MR) is 87.8 cm³/mol. The lowest BCUT2D eigenvalue weighted by atomic mass is 10.2. The van der Waals surface area contributed by atoms with Crippen molar-refractivity contribution in [1.82, 2.24) is 0 Å². The van der Waals surface area contributed by atoms with Crippen LogP contribution in [0.3, 0.4) is 0 Å². The second-order valence-corrected chi connectivity index (χ2v) is 5.32. The molecule has 7 heteroatoms. The van der Waals surface area contributed by atoms with Crippen LogP contribution < -0.4 is 5.32 Å². The number of phenolic OH excluding ortho intramolecular Hbond substituents is 1. The van der Waals surface area contributed by atoms with Gasteiger partial charge in [0.05, 0.1) is 11.6 Å². The van der Waals surface area contributed by atoms with Crippen molar-refractivity contribution < 1.29 is 19.4 Å². The highest BCUT2D eigenvalue weighted by Gasteiger charge is 2.21. The van der Waals surface area contributed by atoms with Crippen molar-refractivity contribution in [2.45, 2.75) is 13.0 Å². The van der Waals surface area contributed by atoms with Gasteiger partial charge in [0.15, 0.2) is 6.10 Å². The third kappa shape index (κ3) is 4.24. The lowest BCUT2D eigenvalue weighted by Gasteiger charge is -2.14. The molecule has 0 unspecified atom stereocenters. The summed E-state index contributed by atoms with van der Waals surface area (Å²) in [6.07, 6.45) is -1.09. The van der Waals surface area contributed by atoms with Crippen LogP contribution in [0.1, 0.15) is 22.8 Å². The molecule has 0 aliphatic heterocycles. The summed E-state index contributed by atoms with van der Waals surface area (Å²) in [4.78, 5) is 24.1. The van der Waals surface area contributed by atoms with Gasteiger partial charge in [-0.1, -0.05) is 11.6 Å². The molecule has 0 aromatic heterocycles. The topological polar surface area (TPSA) is 99.4 Å². The number of nitrogens with zero attached hydrogens (tertiary/aromatic N) is 1. The highest BCUT2D eigenvalue weighted by molar-refractivity contribution is 6.31. The Morgan fingerprint density at radius 2 is 1.92 bits per heavy atom. The highest BCUT2D eigenvalue weighted by atomic mass is 35.5. The number of nitriles is 1. The summed E-state index contributed by atoms with van der Waals surface area (Å²) in [5.74, 6) is -1.70. The van der Waals surface area contributed by atoms with Gasteiger partial charge in [0.2, 0.25) is 0 Å². The van der Waals surface area contributed by atoms with Crippen molar-refractivity contribution in [2.75, 3.05) is 5.32 Å². The fraction of sp³-hybridized carbons (Fsp3) is 0.118. The first-order valence-electron chi connectivity index (χ1n) is 6.91. The van der Waals surface area contributed by atoms with Gasteiger partial charge in [-0.2, -0.15) is 5.26 Å². The molecule has 0 aliphatic rings. The summed E-state index contributed by atoms with van der Waals surface area (Å²) < 4.78 is 5.03. The van der Waals surface area contributed by atoms with E-state index >= 15 is 0 Å². The van der Waals surface area contributed by atoms with Gasteiger partial charge in [0.25, 0.3) is 5.91 Å². The van der Waals surface area contributed by atoms with E-state index in [1.54, 1.807) is 24.3 Å². The van der Waals surface area contributed by atoms with Gasteiger partial charge in [0, 0.05) is 10.7 Å². The largest absolute Gasteiger partial charge is 0.507 e. The minimum Gasteiger partial charge on any atom is -0.507 e. The Labute approximate surface area is 143 Å². The number of aromatic hydroxyl groups is 1. The van der Waals surface area contributed by atoms with Crippen LogP contribution >= 0.6 is 11.6 Å². The molecule has 1 atom stereocenters. The number of benzene rings is 2. The monoisotopic (exact) mass is 344 g/mol. The molecule has 0 fully saturated rings. The van der Waals surface area contributed by atoms with Gasteiger partial charge in [-0.25, -0.2) is 4.79 Å². The van der Waals surface area contributed by atoms with E-state index in [0.717, 1.165) is 0 Å². The molecule has 24 heavy (non-hydrogen) atoms.